The van der Waals surface area contributed by atoms with Crippen LogP contribution in [0.15, 0.2) is 0 Å². The van der Waals surface area contributed by atoms with Gasteiger partial charge in [0.25, 0.3) is 0 Å². The summed E-state index contributed by atoms with van der Waals surface area (Å²) in [5.74, 6) is -3.32. The molecule has 1 amide bonds. The van der Waals surface area contributed by atoms with Crippen molar-refractivity contribution in [2.24, 2.45) is 11.7 Å². The van der Waals surface area contributed by atoms with Gasteiger partial charge in [0.05, 0.1) is 6.04 Å². The minimum atomic E-state index is -1.27. The van der Waals surface area contributed by atoms with Gasteiger partial charge < -0.3 is 20.8 Å². The third-order valence-corrected chi connectivity index (χ3v) is 2.51. The van der Waals surface area contributed by atoms with Crippen molar-refractivity contribution in [3.63, 3.8) is 0 Å². The molecule has 0 radical (unpaired) electrons. The Bertz CT molecular complexity index is 289. The van der Waals surface area contributed by atoms with Crippen LogP contribution in [-0.4, -0.2) is 52.1 Å². The van der Waals surface area contributed by atoms with Crippen LogP contribution in [0.2, 0.25) is 0 Å². The molecule has 0 aliphatic rings. The lowest BCUT2D eigenvalue weighted by atomic mass is 9.99. The smallest absolute Gasteiger partial charge is 0.323 e. The van der Waals surface area contributed by atoms with E-state index >= 15 is 0 Å². The Morgan fingerprint density at radius 1 is 1.18 bits per heavy atom. The lowest BCUT2D eigenvalue weighted by molar-refractivity contribution is -0.150. The van der Waals surface area contributed by atoms with Gasteiger partial charge in [-0.3, -0.25) is 14.4 Å². The molecule has 1 unspecified atom stereocenters. The highest BCUT2D eigenvalue weighted by Crippen LogP contribution is 2.08. The maximum absolute atomic E-state index is 11.8. The molecule has 0 saturated carbocycles. The molecule has 0 saturated heterocycles. The number of carbonyl (C=O) groups excluding carboxylic acids is 1. The predicted molar refractivity (Wildman–Crippen MR) is 59.3 cm³/mol. The lowest BCUT2D eigenvalue weighted by Gasteiger charge is -2.25. The minimum Gasteiger partial charge on any atom is -0.480 e. The SMILES string of the molecule is CCC(C)[C@H](N)C(=O)N(CC(=O)O)CC(=O)O. The van der Waals surface area contributed by atoms with E-state index in [2.05, 4.69) is 0 Å². The van der Waals surface area contributed by atoms with Gasteiger partial charge in [0.1, 0.15) is 13.1 Å². The number of amides is 1. The van der Waals surface area contributed by atoms with Gasteiger partial charge in [-0.2, -0.15) is 0 Å². The fraction of sp³-hybridized carbons (Fsp3) is 0.700. The van der Waals surface area contributed by atoms with Crippen LogP contribution in [0.5, 0.6) is 0 Å². The third kappa shape index (κ3) is 5.30. The summed E-state index contributed by atoms with van der Waals surface area (Å²) < 4.78 is 0. The molecule has 0 aliphatic carbocycles. The van der Waals surface area contributed by atoms with E-state index in [1.165, 1.54) is 0 Å². The summed E-state index contributed by atoms with van der Waals surface area (Å²) in [7, 11) is 0. The first-order valence-electron chi connectivity index (χ1n) is 5.27. The lowest BCUT2D eigenvalue weighted by Crippen LogP contribution is -2.50. The van der Waals surface area contributed by atoms with E-state index in [1.54, 1.807) is 6.92 Å². The number of hydrogen-bond acceptors (Lipinski definition) is 4. The topological polar surface area (TPSA) is 121 Å². The molecule has 4 N–H and O–H groups in total. The molecule has 0 aliphatic heterocycles. The first kappa shape index (κ1) is 15.4. The zero-order valence-electron chi connectivity index (χ0n) is 9.92. The maximum atomic E-state index is 11.8. The van der Waals surface area contributed by atoms with Crippen molar-refractivity contribution in [2.45, 2.75) is 26.3 Å². The van der Waals surface area contributed by atoms with Gasteiger partial charge in [0.2, 0.25) is 5.91 Å². The number of nitrogens with two attached hydrogens (primary N) is 1. The summed E-state index contributed by atoms with van der Waals surface area (Å²) >= 11 is 0. The molecule has 0 bridgehead atoms. The van der Waals surface area contributed by atoms with Crippen LogP contribution in [0.3, 0.4) is 0 Å². The first-order valence-corrected chi connectivity index (χ1v) is 5.27. The van der Waals surface area contributed by atoms with Crippen molar-refractivity contribution in [3.05, 3.63) is 0 Å². The summed E-state index contributed by atoms with van der Waals surface area (Å²) in [5, 5.41) is 17.2. The van der Waals surface area contributed by atoms with Crippen LogP contribution >= 0.6 is 0 Å². The number of aliphatic carboxylic acids is 2. The first-order chi connectivity index (χ1) is 7.79. The average Bonchev–Trinajstić information content (AvgIpc) is 2.23. The second-order valence-corrected chi connectivity index (χ2v) is 3.89. The molecular weight excluding hydrogens is 228 g/mol. The number of nitrogens with zero attached hydrogens (tertiary/aromatic N) is 1. The Labute approximate surface area is 99.2 Å². The van der Waals surface area contributed by atoms with Crippen LogP contribution in [0.1, 0.15) is 20.3 Å². The van der Waals surface area contributed by atoms with E-state index in [-0.39, 0.29) is 5.92 Å². The van der Waals surface area contributed by atoms with Crippen LogP contribution in [0.25, 0.3) is 0 Å². The van der Waals surface area contributed by atoms with Gasteiger partial charge in [-0.15, -0.1) is 0 Å². The number of carbonyl (C=O) groups is 3. The Balaban J connectivity index is 4.72. The standard InChI is InChI=1S/C10H18N2O5/c1-3-6(2)9(11)10(17)12(4-7(13)14)5-8(15)16/h6,9H,3-5,11H2,1-2H3,(H,13,14)(H,15,16)/t6?,9-/m0/s1. The molecular formula is C10H18N2O5. The van der Waals surface area contributed by atoms with Gasteiger partial charge in [-0.05, 0) is 5.92 Å². The Kier molecular flexibility index (Phi) is 6.19. The second kappa shape index (κ2) is 6.85. The zero-order chi connectivity index (χ0) is 13.6. The molecule has 0 aromatic heterocycles. The van der Waals surface area contributed by atoms with Crippen LogP contribution in [0, 0.1) is 5.92 Å². The molecule has 2 atom stereocenters. The fourth-order valence-electron chi connectivity index (χ4n) is 1.25. The molecule has 7 nitrogen and oxygen atoms in total. The van der Waals surface area contributed by atoms with E-state index in [0.29, 0.717) is 6.42 Å². The van der Waals surface area contributed by atoms with E-state index in [9.17, 15) is 14.4 Å². The van der Waals surface area contributed by atoms with Crippen LogP contribution in [-0.2, 0) is 14.4 Å². The van der Waals surface area contributed by atoms with Crippen LogP contribution in [0.4, 0.5) is 0 Å². The Hall–Kier alpha value is -1.63. The molecule has 0 aromatic rings. The summed E-state index contributed by atoms with van der Waals surface area (Å²) in [6.45, 7) is 2.28. The van der Waals surface area contributed by atoms with E-state index in [4.69, 9.17) is 15.9 Å². The highest BCUT2D eigenvalue weighted by Gasteiger charge is 2.27. The Morgan fingerprint density at radius 3 is 1.88 bits per heavy atom. The average molecular weight is 246 g/mol. The predicted octanol–water partition coefficient (Wildman–Crippen LogP) is -0.642. The third-order valence-electron chi connectivity index (χ3n) is 2.51. The summed E-state index contributed by atoms with van der Waals surface area (Å²) in [5.41, 5.74) is 5.65. The van der Waals surface area contributed by atoms with E-state index in [1.807, 2.05) is 6.92 Å². The maximum Gasteiger partial charge on any atom is 0.323 e. The molecule has 7 heteroatoms. The molecule has 0 heterocycles. The fourth-order valence-corrected chi connectivity index (χ4v) is 1.25. The van der Waals surface area contributed by atoms with Crippen LogP contribution < -0.4 is 5.73 Å². The number of rotatable bonds is 7. The van der Waals surface area contributed by atoms with E-state index in [0.717, 1.165) is 4.90 Å². The Morgan fingerprint density at radius 2 is 1.59 bits per heavy atom. The van der Waals surface area contributed by atoms with Gasteiger partial charge in [0.15, 0.2) is 0 Å². The van der Waals surface area contributed by atoms with Gasteiger partial charge >= 0.3 is 11.9 Å². The van der Waals surface area contributed by atoms with Crippen molar-refractivity contribution >= 4 is 17.8 Å². The number of carboxylic acids is 2. The molecule has 0 fully saturated rings. The highest BCUT2D eigenvalue weighted by atomic mass is 16.4. The molecule has 98 valence electrons. The van der Waals surface area contributed by atoms with Gasteiger partial charge in [0, 0.05) is 0 Å². The van der Waals surface area contributed by atoms with Gasteiger partial charge in [-0.25, -0.2) is 0 Å². The number of carboxylic acid groups (broad SMARTS) is 2. The van der Waals surface area contributed by atoms with Crippen molar-refractivity contribution in [3.8, 4) is 0 Å². The zero-order valence-corrected chi connectivity index (χ0v) is 9.92. The normalized spacial score (nSPS) is 13.8. The van der Waals surface area contributed by atoms with Crippen molar-refractivity contribution < 1.29 is 24.6 Å². The summed E-state index contributed by atoms with van der Waals surface area (Å²) in [4.78, 5) is 33.6. The molecule has 0 rings (SSSR count). The quantitative estimate of drug-likeness (QED) is 0.549. The van der Waals surface area contributed by atoms with Crippen molar-refractivity contribution in [1.82, 2.24) is 4.90 Å². The van der Waals surface area contributed by atoms with Crippen molar-refractivity contribution in [2.75, 3.05) is 13.1 Å². The number of hydrogen-bond donors (Lipinski definition) is 3. The molecule has 17 heavy (non-hydrogen) atoms. The monoisotopic (exact) mass is 246 g/mol. The second-order valence-electron chi connectivity index (χ2n) is 3.89. The molecule has 0 aromatic carbocycles. The van der Waals surface area contributed by atoms with Crippen molar-refractivity contribution in [1.29, 1.82) is 0 Å². The highest BCUT2D eigenvalue weighted by molar-refractivity contribution is 5.88. The molecule has 0 spiro atoms. The summed E-state index contributed by atoms with van der Waals surface area (Å²) in [6, 6.07) is -0.876. The van der Waals surface area contributed by atoms with E-state index < -0.39 is 37.0 Å². The largest absolute Gasteiger partial charge is 0.480 e. The van der Waals surface area contributed by atoms with Gasteiger partial charge in [-0.1, -0.05) is 20.3 Å². The summed E-state index contributed by atoms with van der Waals surface area (Å²) in [6.07, 6.45) is 0.654. The minimum absolute atomic E-state index is 0.132.